The molecule has 0 saturated heterocycles. The van der Waals surface area contributed by atoms with Crippen LogP contribution in [-0.4, -0.2) is 13.0 Å². The van der Waals surface area contributed by atoms with Gasteiger partial charge >= 0.3 is 6.36 Å². The molecule has 0 aromatic heterocycles. The molecule has 0 radical (unpaired) electrons. The largest absolute Gasteiger partial charge is 0.573 e. The van der Waals surface area contributed by atoms with Crippen LogP contribution in [0, 0.1) is 17.7 Å². The van der Waals surface area contributed by atoms with Gasteiger partial charge in [0, 0.05) is 5.56 Å². The van der Waals surface area contributed by atoms with E-state index in [-0.39, 0.29) is 17.9 Å². The van der Waals surface area contributed by atoms with Gasteiger partial charge in [0.2, 0.25) is 5.75 Å². The predicted octanol–water partition coefficient (Wildman–Crippen LogP) is 6.89. The molecule has 1 aromatic rings. The molecule has 1 aromatic carbocycles. The van der Waals surface area contributed by atoms with Gasteiger partial charge in [0.05, 0.1) is 6.61 Å². The Bertz CT molecular complexity index is 642. The minimum Gasteiger partial charge on any atom is -0.490 e. The maximum Gasteiger partial charge on any atom is 0.573 e. The second-order valence-electron chi connectivity index (χ2n) is 7.54. The van der Waals surface area contributed by atoms with Crippen molar-refractivity contribution in [3.8, 4) is 11.5 Å². The zero-order chi connectivity index (χ0) is 19.3. The van der Waals surface area contributed by atoms with Gasteiger partial charge in [0.1, 0.15) is 0 Å². The van der Waals surface area contributed by atoms with E-state index in [2.05, 4.69) is 4.74 Å². The normalized spacial score (nSPS) is 19.3. The lowest BCUT2D eigenvalue weighted by molar-refractivity contribution is -0.276. The van der Waals surface area contributed by atoms with Gasteiger partial charge in [-0.2, -0.15) is 0 Å². The van der Waals surface area contributed by atoms with Crippen molar-refractivity contribution >= 4 is 6.08 Å². The summed E-state index contributed by atoms with van der Waals surface area (Å²) in [7, 11) is 0. The minimum absolute atomic E-state index is 0.0873. The van der Waals surface area contributed by atoms with Crippen LogP contribution in [0.2, 0.25) is 0 Å². The van der Waals surface area contributed by atoms with Gasteiger partial charge in [-0.3, -0.25) is 0 Å². The summed E-state index contributed by atoms with van der Waals surface area (Å²) in [5.74, 6) is -1.20. The molecular formula is C21H26F4O2. The quantitative estimate of drug-likeness (QED) is 0.475. The third-order valence-electron chi connectivity index (χ3n) is 5.51. The van der Waals surface area contributed by atoms with Crippen LogP contribution in [0.25, 0.3) is 6.08 Å². The number of hydrogen-bond acceptors (Lipinski definition) is 2. The number of alkyl halides is 3. The molecule has 0 unspecified atom stereocenters. The molecule has 0 amide bonds. The molecule has 3 rings (SSSR count). The lowest BCUT2D eigenvalue weighted by Crippen LogP contribution is -2.19. The fraction of sp³-hybridized carbons (Fsp3) is 0.619. The Balaban J connectivity index is 1.73. The van der Waals surface area contributed by atoms with Crippen LogP contribution in [0.15, 0.2) is 18.2 Å². The fourth-order valence-electron chi connectivity index (χ4n) is 4.03. The number of benzene rings is 1. The van der Waals surface area contributed by atoms with Crippen LogP contribution < -0.4 is 9.47 Å². The van der Waals surface area contributed by atoms with Gasteiger partial charge in [-0.15, -0.1) is 13.2 Å². The molecule has 6 heteroatoms. The minimum atomic E-state index is -4.97. The molecule has 2 saturated carbocycles. The van der Waals surface area contributed by atoms with Crippen molar-refractivity contribution in [3.63, 3.8) is 0 Å². The Morgan fingerprint density at radius 1 is 1.00 bits per heavy atom. The summed E-state index contributed by atoms with van der Waals surface area (Å²) in [6, 6.07) is 2.82. The maximum atomic E-state index is 14.7. The fourth-order valence-corrected chi connectivity index (χ4v) is 4.03. The third-order valence-corrected chi connectivity index (χ3v) is 5.51. The highest BCUT2D eigenvalue weighted by Gasteiger charge is 2.34. The number of ether oxygens (including phenoxy) is 2. The van der Waals surface area contributed by atoms with E-state index in [4.69, 9.17) is 4.74 Å². The van der Waals surface area contributed by atoms with Crippen molar-refractivity contribution in [1.29, 1.82) is 0 Å². The van der Waals surface area contributed by atoms with Gasteiger partial charge in [-0.1, -0.05) is 50.7 Å². The summed E-state index contributed by atoms with van der Waals surface area (Å²) >= 11 is 0. The molecule has 0 heterocycles. The first-order valence-electron chi connectivity index (χ1n) is 9.81. The summed E-state index contributed by atoms with van der Waals surface area (Å²) < 4.78 is 62.5. The van der Waals surface area contributed by atoms with Crippen LogP contribution in [0.5, 0.6) is 11.5 Å². The van der Waals surface area contributed by atoms with E-state index in [1.54, 1.807) is 6.08 Å². The Morgan fingerprint density at radius 3 is 2.33 bits per heavy atom. The molecule has 0 atom stereocenters. The lowest BCUT2D eigenvalue weighted by atomic mass is 10.0. The van der Waals surface area contributed by atoms with E-state index in [0.717, 1.165) is 44.9 Å². The molecule has 0 bridgehead atoms. The van der Waals surface area contributed by atoms with Gasteiger partial charge in [-0.05, 0) is 43.2 Å². The molecular weight excluding hydrogens is 360 g/mol. The maximum absolute atomic E-state index is 14.7. The van der Waals surface area contributed by atoms with Crippen molar-refractivity contribution in [1.82, 2.24) is 0 Å². The van der Waals surface area contributed by atoms with Crippen molar-refractivity contribution in [3.05, 3.63) is 29.6 Å². The number of rotatable bonds is 7. The van der Waals surface area contributed by atoms with Gasteiger partial charge in [-0.25, -0.2) is 4.39 Å². The van der Waals surface area contributed by atoms with Crippen molar-refractivity contribution < 1.29 is 27.0 Å². The first kappa shape index (κ1) is 20.0. The Hall–Kier alpha value is -1.72. The summed E-state index contributed by atoms with van der Waals surface area (Å²) in [6.07, 6.45) is 8.16. The molecule has 0 spiro atoms. The Morgan fingerprint density at radius 2 is 1.67 bits per heavy atom. The standard InChI is InChI=1S/C21H26F4O2/c22-19-17(10-9-15-5-1-2-6-15)11-12-18(20(19)27-21(23,24)25)26-14-13-16-7-3-4-8-16/h9-12,15-16H,1-8,13-14H2/b10-9+. The Kier molecular flexibility index (Phi) is 6.66. The summed E-state index contributed by atoms with van der Waals surface area (Å²) in [4.78, 5) is 0. The van der Waals surface area contributed by atoms with Crippen molar-refractivity contribution in [2.45, 2.75) is 64.1 Å². The van der Waals surface area contributed by atoms with E-state index in [1.807, 2.05) is 6.08 Å². The molecule has 0 aliphatic heterocycles. The van der Waals surface area contributed by atoms with Gasteiger partial charge in [0.15, 0.2) is 11.6 Å². The predicted molar refractivity (Wildman–Crippen MR) is 96.1 cm³/mol. The number of hydrogen-bond donors (Lipinski definition) is 0. The van der Waals surface area contributed by atoms with Crippen molar-refractivity contribution in [2.75, 3.05) is 6.61 Å². The summed E-state index contributed by atoms with van der Waals surface area (Å²) in [5, 5.41) is 0. The van der Waals surface area contributed by atoms with E-state index in [1.165, 1.54) is 25.0 Å². The smallest absolute Gasteiger partial charge is 0.490 e. The average molecular weight is 386 g/mol. The first-order valence-corrected chi connectivity index (χ1v) is 9.81. The SMILES string of the molecule is Fc1c(/C=C/C2CCCC2)ccc(OCCC2CCCC2)c1OC(F)(F)F. The zero-order valence-electron chi connectivity index (χ0n) is 15.4. The average Bonchev–Trinajstić information content (AvgIpc) is 3.29. The van der Waals surface area contributed by atoms with E-state index in [9.17, 15) is 17.6 Å². The molecule has 27 heavy (non-hydrogen) atoms. The topological polar surface area (TPSA) is 18.5 Å². The zero-order valence-corrected chi connectivity index (χ0v) is 15.4. The van der Waals surface area contributed by atoms with E-state index >= 15 is 0 Å². The van der Waals surface area contributed by atoms with Crippen LogP contribution in [-0.2, 0) is 0 Å². The Labute approximate surface area is 157 Å². The summed E-state index contributed by atoms with van der Waals surface area (Å²) in [5.41, 5.74) is 0.0873. The van der Waals surface area contributed by atoms with E-state index < -0.39 is 17.9 Å². The van der Waals surface area contributed by atoms with Gasteiger partial charge in [0.25, 0.3) is 0 Å². The third kappa shape index (κ3) is 5.88. The highest BCUT2D eigenvalue weighted by molar-refractivity contribution is 5.57. The first-order chi connectivity index (χ1) is 12.9. The summed E-state index contributed by atoms with van der Waals surface area (Å²) in [6.45, 7) is 0.260. The highest BCUT2D eigenvalue weighted by Crippen LogP contribution is 2.38. The second kappa shape index (κ2) is 8.98. The number of allylic oxidation sites excluding steroid dienone is 1. The molecule has 2 fully saturated rings. The van der Waals surface area contributed by atoms with Crippen LogP contribution in [0.1, 0.15) is 63.4 Å². The molecule has 150 valence electrons. The monoisotopic (exact) mass is 386 g/mol. The van der Waals surface area contributed by atoms with Crippen LogP contribution >= 0.6 is 0 Å². The van der Waals surface area contributed by atoms with Gasteiger partial charge < -0.3 is 9.47 Å². The second-order valence-corrected chi connectivity index (χ2v) is 7.54. The van der Waals surface area contributed by atoms with Crippen LogP contribution in [0.4, 0.5) is 17.6 Å². The molecule has 2 aliphatic carbocycles. The molecule has 2 aliphatic rings. The molecule has 2 nitrogen and oxygen atoms in total. The lowest BCUT2D eigenvalue weighted by Gasteiger charge is -2.17. The highest BCUT2D eigenvalue weighted by atomic mass is 19.4. The number of halogens is 4. The molecule has 0 N–H and O–H groups in total. The van der Waals surface area contributed by atoms with Crippen LogP contribution in [0.3, 0.4) is 0 Å². The van der Waals surface area contributed by atoms with Crippen molar-refractivity contribution in [2.24, 2.45) is 11.8 Å². The van der Waals surface area contributed by atoms with E-state index in [0.29, 0.717) is 11.8 Å².